The fourth-order valence-electron chi connectivity index (χ4n) is 2.55. The molecule has 1 aromatic carbocycles. The van der Waals surface area contributed by atoms with Crippen LogP contribution in [0.4, 0.5) is 0 Å². The highest BCUT2D eigenvalue weighted by atomic mass is 15.1. The van der Waals surface area contributed by atoms with Gasteiger partial charge in [0.1, 0.15) is 0 Å². The van der Waals surface area contributed by atoms with E-state index in [1.807, 2.05) is 0 Å². The molecule has 1 aromatic rings. The van der Waals surface area contributed by atoms with Crippen LogP contribution in [-0.2, 0) is 6.42 Å². The van der Waals surface area contributed by atoms with E-state index in [0.717, 1.165) is 25.9 Å². The van der Waals surface area contributed by atoms with Crippen LogP contribution in [0.25, 0.3) is 0 Å². The first-order valence-electron chi connectivity index (χ1n) is 6.31. The molecular formula is C14H22N2. The Labute approximate surface area is 98.4 Å². The summed E-state index contributed by atoms with van der Waals surface area (Å²) in [7, 11) is 0. The zero-order valence-electron chi connectivity index (χ0n) is 10.1. The van der Waals surface area contributed by atoms with Gasteiger partial charge in [-0.25, -0.2) is 0 Å². The molecule has 2 nitrogen and oxygen atoms in total. The fraction of sp³-hybridized carbons (Fsp3) is 0.571. The highest BCUT2D eigenvalue weighted by Crippen LogP contribution is 2.19. The van der Waals surface area contributed by atoms with Gasteiger partial charge in [0.2, 0.25) is 0 Å². The SMILES string of the molecule is CCN1CC[C@@H](N)[C@H](Cc2ccccc2)C1. The number of nitrogens with zero attached hydrogens (tertiary/aromatic N) is 1. The van der Waals surface area contributed by atoms with Gasteiger partial charge >= 0.3 is 0 Å². The topological polar surface area (TPSA) is 29.3 Å². The minimum absolute atomic E-state index is 0.378. The lowest BCUT2D eigenvalue weighted by Gasteiger charge is -2.36. The molecule has 2 heteroatoms. The van der Waals surface area contributed by atoms with Crippen molar-refractivity contribution in [3.63, 3.8) is 0 Å². The maximum Gasteiger partial charge on any atom is 0.00947 e. The molecule has 0 aromatic heterocycles. The largest absolute Gasteiger partial charge is 0.327 e. The van der Waals surface area contributed by atoms with E-state index in [2.05, 4.69) is 42.2 Å². The van der Waals surface area contributed by atoms with Crippen molar-refractivity contribution in [2.24, 2.45) is 11.7 Å². The second kappa shape index (κ2) is 5.46. The van der Waals surface area contributed by atoms with Crippen molar-refractivity contribution in [1.29, 1.82) is 0 Å². The molecule has 88 valence electrons. The van der Waals surface area contributed by atoms with Crippen molar-refractivity contribution in [2.45, 2.75) is 25.8 Å². The third kappa shape index (κ3) is 2.83. The van der Waals surface area contributed by atoms with Crippen LogP contribution in [0.1, 0.15) is 18.9 Å². The van der Waals surface area contributed by atoms with E-state index in [9.17, 15) is 0 Å². The third-order valence-electron chi connectivity index (χ3n) is 3.66. The summed E-state index contributed by atoms with van der Waals surface area (Å²) in [5.74, 6) is 0.621. The molecule has 16 heavy (non-hydrogen) atoms. The van der Waals surface area contributed by atoms with Gasteiger partial charge < -0.3 is 10.6 Å². The molecule has 1 saturated heterocycles. The lowest BCUT2D eigenvalue weighted by atomic mass is 9.87. The standard InChI is InChI=1S/C14H22N2/c1-2-16-9-8-14(15)13(11-16)10-12-6-4-3-5-7-12/h3-7,13-14H,2,8-11,15H2,1H3/t13-,14-/m1/s1. The number of hydrogen-bond acceptors (Lipinski definition) is 2. The van der Waals surface area contributed by atoms with Gasteiger partial charge in [-0.3, -0.25) is 0 Å². The highest BCUT2D eigenvalue weighted by Gasteiger charge is 2.25. The number of hydrogen-bond donors (Lipinski definition) is 1. The summed E-state index contributed by atoms with van der Waals surface area (Å²) < 4.78 is 0. The van der Waals surface area contributed by atoms with Crippen LogP contribution in [0.2, 0.25) is 0 Å². The van der Waals surface area contributed by atoms with Crippen molar-refractivity contribution in [3.05, 3.63) is 35.9 Å². The normalized spacial score (nSPS) is 26.9. The van der Waals surface area contributed by atoms with Crippen LogP contribution >= 0.6 is 0 Å². The Hall–Kier alpha value is -0.860. The average molecular weight is 218 g/mol. The zero-order valence-corrected chi connectivity index (χ0v) is 10.1. The zero-order chi connectivity index (χ0) is 11.4. The highest BCUT2D eigenvalue weighted by molar-refractivity contribution is 5.16. The lowest BCUT2D eigenvalue weighted by molar-refractivity contribution is 0.161. The number of nitrogens with two attached hydrogens (primary N) is 1. The maximum absolute atomic E-state index is 6.22. The predicted molar refractivity (Wildman–Crippen MR) is 68.3 cm³/mol. The summed E-state index contributed by atoms with van der Waals surface area (Å²) in [5.41, 5.74) is 7.63. The monoisotopic (exact) mass is 218 g/mol. The van der Waals surface area contributed by atoms with Gasteiger partial charge in [0, 0.05) is 12.6 Å². The maximum atomic E-state index is 6.22. The Bertz CT molecular complexity index is 310. The Kier molecular flexibility index (Phi) is 3.97. The van der Waals surface area contributed by atoms with Crippen molar-refractivity contribution < 1.29 is 0 Å². The van der Waals surface area contributed by atoms with Gasteiger partial charge in [0.05, 0.1) is 0 Å². The van der Waals surface area contributed by atoms with E-state index < -0.39 is 0 Å². The molecule has 0 bridgehead atoms. The van der Waals surface area contributed by atoms with Crippen LogP contribution in [0.3, 0.4) is 0 Å². The lowest BCUT2D eigenvalue weighted by Crippen LogP contribution is -2.47. The summed E-state index contributed by atoms with van der Waals surface area (Å²) in [5, 5.41) is 0. The number of piperidine rings is 1. The second-order valence-electron chi connectivity index (χ2n) is 4.80. The number of benzene rings is 1. The van der Waals surface area contributed by atoms with E-state index >= 15 is 0 Å². The predicted octanol–water partition coefficient (Wildman–Crippen LogP) is 1.90. The summed E-state index contributed by atoms with van der Waals surface area (Å²) in [6.07, 6.45) is 2.27. The van der Waals surface area contributed by atoms with E-state index in [-0.39, 0.29) is 0 Å². The van der Waals surface area contributed by atoms with Crippen LogP contribution in [0, 0.1) is 5.92 Å². The van der Waals surface area contributed by atoms with Gasteiger partial charge in [-0.1, -0.05) is 37.3 Å². The Balaban J connectivity index is 1.97. The third-order valence-corrected chi connectivity index (χ3v) is 3.66. The molecule has 2 rings (SSSR count). The minimum atomic E-state index is 0.378. The van der Waals surface area contributed by atoms with Gasteiger partial charge in [0.25, 0.3) is 0 Å². The fourth-order valence-corrected chi connectivity index (χ4v) is 2.55. The average Bonchev–Trinajstić information content (AvgIpc) is 2.33. The summed E-state index contributed by atoms with van der Waals surface area (Å²) in [6.45, 7) is 5.71. The summed E-state index contributed by atoms with van der Waals surface area (Å²) in [4.78, 5) is 2.51. The van der Waals surface area contributed by atoms with E-state index in [0.29, 0.717) is 12.0 Å². The van der Waals surface area contributed by atoms with Crippen LogP contribution in [0.15, 0.2) is 30.3 Å². The Morgan fingerprint density at radius 2 is 2.06 bits per heavy atom. The van der Waals surface area contributed by atoms with Crippen LogP contribution in [-0.4, -0.2) is 30.6 Å². The van der Waals surface area contributed by atoms with Crippen molar-refractivity contribution in [1.82, 2.24) is 4.90 Å². The molecule has 2 atom stereocenters. The molecule has 2 N–H and O–H groups in total. The van der Waals surface area contributed by atoms with E-state index in [1.165, 1.54) is 12.1 Å². The smallest absolute Gasteiger partial charge is 0.00947 e. The number of rotatable bonds is 3. The van der Waals surface area contributed by atoms with Gasteiger partial charge in [-0.2, -0.15) is 0 Å². The van der Waals surface area contributed by atoms with Gasteiger partial charge in [-0.05, 0) is 37.4 Å². The first-order chi connectivity index (χ1) is 7.79. The van der Waals surface area contributed by atoms with Crippen LogP contribution < -0.4 is 5.73 Å². The quantitative estimate of drug-likeness (QED) is 0.839. The Morgan fingerprint density at radius 3 is 2.75 bits per heavy atom. The second-order valence-corrected chi connectivity index (χ2v) is 4.80. The van der Waals surface area contributed by atoms with Crippen molar-refractivity contribution in [2.75, 3.05) is 19.6 Å². The number of likely N-dealkylation sites (tertiary alicyclic amines) is 1. The molecule has 0 saturated carbocycles. The van der Waals surface area contributed by atoms with Gasteiger partial charge in [0.15, 0.2) is 0 Å². The molecular weight excluding hydrogens is 196 g/mol. The molecule has 1 fully saturated rings. The minimum Gasteiger partial charge on any atom is -0.327 e. The molecule has 1 heterocycles. The van der Waals surface area contributed by atoms with E-state index in [4.69, 9.17) is 5.73 Å². The molecule has 1 aliphatic heterocycles. The molecule has 0 spiro atoms. The molecule has 0 unspecified atom stereocenters. The van der Waals surface area contributed by atoms with Crippen LogP contribution in [0.5, 0.6) is 0 Å². The molecule has 1 aliphatic rings. The van der Waals surface area contributed by atoms with Crippen molar-refractivity contribution >= 4 is 0 Å². The molecule has 0 radical (unpaired) electrons. The summed E-state index contributed by atoms with van der Waals surface area (Å²) in [6, 6.07) is 11.1. The molecule has 0 aliphatic carbocycles. The first kappa shape index (κ1) is 11.6. The van der Waals surface area contributed by atoms with Crippen molar-refractivity contribution in [3.8, 4) is 0 Å². The van der Waals surface area contributed by atoms with Gasteiger partial charge in [-0.15, -0.1) is 0 Å². The Morgan fingerprint density at radius 1 is 1.31 bits per heavy atom. The first-order valence-corrected chi connectivity index (χ1v) is 6.31. The molecule has 0 amide bonds. The van der Waals surface area contributed by atoms with E-state index in [1.54, 1.807) is 0 Å². The summed E-state index contributed by atoms with van der Waals surface area (Å²) >= 11 is 0.